The van der Waals surface area contributed by atoms with Crippen LogP contribution in [0.1, 0.15) is 5.76 Å². The number of benzene rings is 2. The predicted molar refractivity (Wildman–Crippen MR) is 115 cm³/mol. The van der Waals surface area contributed by atoms with Crippen LogP contribution in [0.3, 0.4) is 0 Å². The highest BCUT2D eigenvalue weighted by Gasteiger charge is 2.31. The second kappa shape index (κ2) is 10.1. The molecule has 0 radical (unpaired) electrons. The summed E-state index contributed by atoms with van der Waals surface area (Å²) in [6.45, 7) is 6.39. The molecular weight excluding hydrogens is 421 g/mol. The van der Waals surface area contributed by atoms with Crippen LogP contribution in [0, 0.1) is 0 Å². The zero-order chi connectivity index (χ0) is 22.4. The van der Waals surface area contributed by atoms with E-state index in [1.807, 2.05) is 6.07 Å². The first-order valence-electron chi connectivity index (χ1n) is 10.5. The van der Waals surface area contributed by atoms with Gasteiger partial charge < -0.3 is 19.5 Å². The number of nitrogens with one attached hydrogen (secondary N) is 1. The van der Waals surface area contributed by atoms with Gasteiger partial charge in [0.1, 0.15) is 11.4 Å². The number of nitrogens with zero attached hydrogens (tertiary/aromatic N) is 3. The molecule has 32 heavy (non-hydrogen) atoms. The quantitative estimate of drug-likeness (QED) is 0.525. The van der Waals surface area contributed by atoms with Crippen molar-refractivity contribution < 1.29 is 22.4 Å². The molecule has 1 N–H and O–H groups in total. The third-order valence-electron chi connectivity index (χ3n) is 5.34. The van der Waals surface area contributed by atoms with Gasteiger partial charge in [-0.2, -0.15) is 0 Å². The van der Waals surface area contributed by atoms with E-state index in [1.165, 1.54) is 30.0 Å². The Balaban J connectivity index is 1.18. The molecule has 1 aliphatic heterocycles. The SMILES string of the molecule is FC(F)(F)Oc1ccc(-c2cc(CNCCN3CCN(c4ccccc4)CC3)on2)cc1. The first kappa shape index (κ1) is 22.2. The summed E-state index contributed by atoms with van der Waals surface area (Å²) in [5, 5.41) is 7.36. The Morgan fingerprint density at radius 1 is 0.969 bits per heavy atom. The molecule has 3 aromatic rings. The molecule has 170 valence electrons. The van der Waals surface area contributed by atoms with Crippen molar-refractivity contribution in [1.82, 2.24) is 15.4 Å². The number of anilines is 1. The largest absolute Gasteiger partial charge is 0.573 e. The van der Waals surface area contributed by atoms with Crippen molar-refractivity contribution in [3.8, 4) is 17.0 Å². The van der Waals surface area contributed by atoms with E-state index in [1.54, 1.807) is 6.07 Å². The summed E-state index contributed by atoms with van der Waals surface area (Å²) in [4.78, 5) is 4.84. The van der Waals surface area contributed by atoms with Crippen LogP contribution in [0.25, 0.3) is 11.3 Å². The summed E-state index contributed by atoms with van der Waals surface area (Å²) in [5.74, 6) is 0.403. The van der Waals surface area contributed by atoms with E-state index < -0.39 is 6.36 Å². The van der Waals surface area contributed by atoms with Gasteiger partial charge >= 0.3 is 6.36 Å². The van der Waals surface area contributed by atoms with Gasteiger partial charge in [0, 0.05) is 56.6 Å². The van der Waals surface area contributed by atoms with E-state index in [4.69, 9.17) is 4.52 Å². The van der Waals surface area contributed by atoms with Crippen LogP contribution in [-0.4, -0.2) is 55.7 Å². The van der Waals surface area contributed by atoms with Crippen molar-refractivity contribution in [3.05, 3.63) is 66.4 Å². The molecule has 4 rings (SSSR count). The molecule has 1 aliphatic rings. The fourth-order valence-corrected chi connectivity index (χ4v) is 3.68. The molecule has 0 atom stereocenters. The first-order valence-corrected chi connectivity index (χ1v) is 10.5. The van der Waals surface area contributed by atoms with E-state index in [2.05, 4.69) is 49.3 Å². The zero-order valence-corrected chi connectivity index (χ0v) is 17.5. The van der Waals surface area contributed by atoms with Gasteiger partial charge in [-0.3, -0.25) is 4.90 Å². The molecule has 0 unspecified atom stereocenters. The lowest BCUT2D eigenvalue weighted by Crippen LogP contribution is -2.48. The summed E-state index contributed by atoms with van der Waals surface area (Å²) in [6.07, 6.45) is -4.70. The van der Waals surface area contributed by atoms with Crippen LogP contribution in [-0.2, 0) is 6.54 Å². The number of alkyl halides is 3. The van der Waals surface area contributed by atoms with E-state index >= 15 is 0 Å². The molecule has 0 saturated carbocycles. The molecule has 1 saturated heterocycles. The number of rotatable bonds is 8. The molecule has 0 bridgehead atoms. The smallest absolute Gasteiger partial charge is 0.406 e. The molecule has 2 aromatic carbocycles. The van der Waals surface area contributed by atoms with Gasteiger partial charge in [-0.25, -0.2) is 0 Å². The maximum Gasteiger partial charge on any atom is 0.573 e. The maximum absolute atomic E-state index is 12.3. The van der Waals surface area contributed by atoms with Crippen LogP contribution in [0.15, 0.2) is 65.2 Å². The normalized spacial score (nSPS) is 15.2. The highest BCUT2D eigenvalue weighted by atomic mass is 19.4. The third kappa shape index (κ3) is 6.24. The summed E-state index contributed by atoms with van der Waals surface area (Å²) in [7, 11) is 0. The first-order chi connectivity index (χ1) is 15.5. The van der Waals surface area contributed by atoms with E-state index in [0.717, 1.165) is 39.3 Å². The van der Waals surface area contributed by atoms with Gasteiger partial charge in [0.25, 0.3) is 0 Å². The van der Waals surface area contributed by atoms with Crippen molar-refractivity contribution in [2.75, 3.05) is 44.2 Å². The molecule has 2 heterocycles. The maximum atomic E-state index is 12.3. The lowest BCUT2D eigenvalue weighted by atomic mass is 10.1. The van der Waals surface area contributed by atoms with Crippen LogP contribution in [0.4, 0.5) is 18.9 Å². The fourth-order valence-electron chi connectivity index (χ4n) is 3.68. The van der Waals surface area contributed by atoms with Gasteiger partial charge in [0.15, 0.2) is 5.76 Å². The van der Waals surface area contributed by atoms with Crippen molar-refractivity contribution in [3.63, 3.8) is 0 Å². The summed E-state index contributed by atoms with van der Waals surface area (Å²) >= 11 is 0. The lowest BCUT2D eigenvalue weighted by molar-refractivity contribution is -0.274. The monoisotopic (exact) mass is 446 g/mol. The van der Waals surface area contributed by atoms with E-state index in [-0.39, 0.29) is 5.75 Å². The van der Waals surface area contributed by atoms with E-state index in [9.17, 15) is 13.2 Å². The molecular formula is C23H25F3N4O2. The average molecular weight is 446 g/mol. The topological polar surface area (TPSA) is 53.8 Å². The Labute approximate surface area is 184 Å². The second-order valence-electron chi connectivity index (χ2n) is 7.59. The highest BCUT2D eigenvalue weighted by Crippen LogP contribution is 2.26. The van der Waals surface area contributed by atoms with Crippen LogP contribution < -0.4 is 15.0 Å². The molecule has 9 heteroatoms. The van der Waals surface area contributed by atoms with Crippen molar-refractivity contribution in [1.29, 1.82) is 0 Å². The van der Waals surface area contributed by atoms with Gasteiger partial charge in [-0.15, -0.1) is 13.2 Å². The van der Waals surface area contributed by atoms with Crippen LogP contribution >= 0.6 is 0 Å². The Morgan fingerprint density at radius 2 is 1.69 bits per heavy atom. The van der Waals surface area contributed by atoms with Crippen molar-refractivity contribution >= 4 is 5.69 Å². The van der Waals surface area contributed by atoms with E-state index in [0.29, 0.717) is 23.6 Å². The number of piperazine rings is 1. The molecule has 6 nitrogen and oxygen atoms in total. The minimum absolute atomic E-state index is 0.267. The van der Waals surface area contributed by atoms with Crippen LogP contribution in [0.5, 0.6) is 5.75 Å². The second-order valence-corrected chi connectivity index (χ2v) is 7.59. The Morgan fingerprint density at radius 3 is 2.38 bits per heavy atom. The number of halogens is 3. The molecule has 1 fully saturated rings. The molecule has 0 amide bonds. The number of hydrogen-bond donors (Lipinski definition) is 1. The summed E-state index contributed by atoms with van der Waals surface area (Å²) < 4.78 is 46.0. The molecule has 1 aromatic heterocycles. The standard InChI is InChI=1S/C23H25F3N4O2/c24-23(25,26)31-20-8-6-18(7-9-20)22-16-21(32-28-22)17-27-10-11-29-12-14-30(15-13-29)19-4-2-1-3-5-19/h1-9,16,27H,10-15,17H2. The lowest BCUT2D eigenvalue weighted by Gasteiger charge is -2.36. The third-order valence-corrected chi connectivity index (χ3v) is 5.34. The summed E-state index contributed by atoms with van der Waals surface area (Å²) in [5.41, 5.74) is 2.50. The van der Waals surface area contributed by atoms with Gasteiger partial charge in [0.2, 0.25) is 0 Å². The van der Waals surface area contributed by atoms with Gasteiger partial charge in [-0.05, 0) is 36.4 Å². The van der Waals surface area contributed by atoms with Crippen molar-refractivity contribution in [2.45, 2.75) is 12.9 Å². The molecule has 0 spiro atoms. The van der Waals surface area contributed by atoms with Gasteiger partial charge in [0.05, 0.1) is 6.54 Å². The summed E-state index contributed by atoms with van der Waals surface area (Å²) in [6, 6.07) is 17.8. The predicted octanol–water partition coefficient (Wildman–Crippen LogP) is 4.15. The average Bonchev–Trinajstić information content (AvgIpc) is 3.26. The number of para-hydroxylation sites is 1. The minimum Gasteiger partial charge on any atom is -0.406 e. The minimum atomic E-state index is -4.70. The Kier molecular flexibility index (Phi) is 6.96. The van der Waals surface area contributed by atoms with Crippen LogP contribution in [0.2, 0.25) is 0 Å². The van der Waals surface area contributed by atoms with Crippen molar-refractivity contribution in [2.24, 2.45) is 0 Å². The zero-order valence-electron chi connectivity index (χ0n) is 17.5. The Hall–Kier alpha value is -3.04. The van der Waals surface area contributed by atoms with Gasteiger partial charge in [-0.1, -0.05) is 23.4 Å². The fraction of sp³-hybridized carbons (Fsp3) is 0.348. The molecule has 0 aliphatic carbocycles. The number of aromatic nitrogens is 1. The number of hydrogen-bond acceptors (Lipinski definition) is 6. The highest BCUT2D eigenvalue weighted by molar-refractivity contribution is 5.59. The Bertz CT molecular complexity index is 969. The number of ether oxygens (including phenoxy) is 1.